The smallest absolute Gasteiger partial charge is 0.0547 e. The third kappa shape index (κ3) is 4.98. The topological polar surface area (TPSA) is 46.2 Å². The van der Waals surface area contributed by atoms with E-state index in [2.05, 4.69) is 28.6 Å². The summed E-state index contributed by atoms with van der Waals surface area (Å²) in [7, 11) is 1.73. The molecule has 16 heavy (non-hydrogen) atoms. The Morgan fingerprint density at radius 3 is 2.62 bits per heavy atom. The predicted molar refractivity (Wildman–Crippen MR) is 68.0 cm³/mol. The van der Waals surface area contributed by atoms with Crippen LogP contribution in [0, 0.1) is 0 Å². The van der Waals surface area contributed by atoms with E-state index in [-0.39, 0.29) is 0 Å². The lowest BCUT2D eigenvalue weighted by molar-refractivity contribution is 0.194. The fourth-order valence-electron chi connectivity index (χ4n) is 1.44. The number of hydrogen-bond acceptors (Lipinski definition) is 4. The van der Waals surface area contributed by atoms with Crippen molar-refractivity contribution in [1.82, 2.24) is 4.98 Å². The molecule has 0 aromatic carbocycles. The van der Waals surface area contributed by atoms with Crippen LogP contribution in [0.5, 0.6) is 0 Å². The molecule has 0 aliphatic heterocycles. The van der Waals surface area contributed by atoms with Crippen molar-refractivity contribution in [1.29, 1.82) is 0 Å². The molecule has 0 fully saturated rings. The van der Waals surface area contributed by atoms with E-state index in [0.29, 0.717) is 0 Å². The highest BCUT2D eigenvalue weighted by atomic mass is 16.5. The first-order valence-corrected chi connectivity index (χ1v) is 5.78. The van der Waals surface area contributed by atoms with Gasteiger partial charge in [-0.25, -0.2) is 0 Å². The number of rotatable bonds is 8. The summed E-state index contributed by atoms with van der Waals surface area (Å²) in [5.74, 6) is 0. The minimum absolute atomic E-state index is 0.831. The number of nitrogens with zero attached hydrogens (tertiary/aromatic N) is 1. The zero-order valence-corrected chi connectivity index (χ0v) is 10.1. The Hall–Kier alpha value is -1.29. The van der Waals surface area contributed by atoms with Crippen LogP contribution < -0.4 is 10.6 Å². The molecule has 4 heteroatoms. The van der Waals surface area contributed by atoms with Crippen molar-refractivity contribution in [3.05, 3.63) is 18.5 Å². The minimum Gasteiger partial charge on any atom is -0.385 e. The maximum atomic E-state index is 5.00. The molecule has 0 amide bonds. The highest BCUT2D eigenvalue weighted by Gasteiger charge is 1.95. The van der Waals surface area contributed by atoms with Gasteiger partial charge in [-0.3, -0.25) is 4.98 Å². The summed E-state index contributed by atoms with van der Waals surface area (Å²) in [5, 5.41) is 6.58. The molecule has 1 heterocycles. The van der Waals surface area contributed by atoms with Gasteiger partial charge in [0.2, 0.25) is 0 Å². The number of hydrogen-bond donors (Lipinski definition) is 2. The van der Waals surface area contributed by atoms with Gasteiger partial charge in [-0.15, -0.1) is 0 Å². The summed E-state index contributed by atoms with van der Waals surface area (Å²) in [6, 6.07) is 2.08. The molecule has 0 radical (unpaired) electrons. The molecule has 0 atom stereocenters. The van der Waals surface area contributed by atoms with E-state index < -0.39 is 0 Å². The Bertz CT molecular complexity index is 291. The molecule has 90 valence electrons. The number of nitrogens with one attached hydrogen (secondary N) is 2. The van der Waals surface area contributed by atoms with Crippen molar-refractivity contribution in [3.63, 3.8) is 0 Å². The Balaban J connectivity index is 2.27. The van der Waals surface area contributed by atoms with Gasteiger partial charge in [0.25, 0.3) is 0 Å². The molecule has 1 rings (SSSR count). The largest absolute Gasteiger partial charge is 0.385 e. The van der Waals surface area contributed by atoms with Crippen LogP contribution in [0.1, 0.15) is 19.8 Å². The lowest BCUT2D eigenvalue weighted by Crippen LogP contribution is -2.04. The number of unbranched alkanes of at least 4 members (excludes halogenated alkanes) is 1. The standard InChI is InChI=1S/C12H21N3O/c1-3-14-11-8-12(10-13-9-11)15-6-4-5-7-16-2/h8-10,14-15H,3-7H2,1-2H3. The average molecular weight is 223 g/mol. The van der Waals surface area contributed by atoms with Crippen LogP contribution in [-0.4, -0.2) is 31.8 Å². The number of pyridine rings is 1. The van der Waals surface area contributed by atoms with E-state index in [1.54, 1.807) is 7.11 Å². The van der Waals surface area contributed by atoms with Crippen molar-refractivity contribution in [2.75, 3.05) is 37.4 Å². The lowest BCUT2D eigenvalue weighted by atomic mass is 10.3. The quantitative estimate of drug-likeness (QED) is 0.664. The Labute approximate surface area is 97.4 Å². The summed E-state index contributed by atoms with van der Waals surface area (Å²) in [5.41, 5.74) is 2.13. The van der Waals surface area contributed by atoms with Gasteiger partial charge in [-0.1, -0.05) is 0 Å². The summed E-state index contributed by atoms with van der Waals surface area (Å²) in [6.07, 6.45) is 5.87. The van der Waals surface area contributed by atoms with E-state index in [0.717, 1.165) is 43.9 Å². The first-order chi connectivity index (χ1) is 7.86. The van der Waals surface area contributed by atoms with Crippen LogP contribution in [0.15, 0.2) is 18.5 Å². The molecule has 1 aromatic rings. The highest BCUT2D eigenvalue weighted by molar-refractivity contribution is 5.53. The van der Waals surface area contributed by atoms with E-state index in [4.69, 9.17) is 4.74 Å². The molecular weight excluding hydrogens is 202 g/mol. The predicted octanol–water partition coefficient (Wildman–Crippen LogP) is 2.35. The molecule has 2 N–H and O–H groups in total. The number of aromatic nitrogens is 1. The third-order valence-electron chi connectivity index (χ3n) is 2.22. The van der Waals surface area contributed by atoms with Crippen molar-refractivity contribution in [2.24, 2.45) is 0 Å². The second-order valence-electron chi connectivity index (χ2n) is 3.62. The number of ether oxygens (including phenoxy) is 1. The molecule has 1 aromatic heterocycles. The molecule has 0 saturated heterocycles. The van der Waals surface area contributed by atoms with E-state index >= 15 is 0 Å². The van der Waals surface area contributed by atoms with Gasteiger partial charge in [-0.05, 0) is 25.8 Å². The fraction of sp³-hybridized carbons (Fsp3) is 0.583. The summed E-state index contributed by atoms with van der Waals surface area (Å²) in [6.45, 7) is 4.78. The summed E-state index contributed by atoms with van der Waals surface area (Å²) >= 11 is 0. The average Bonchev–Trinajstić information content (AvgIpc) is 2.30. The van der Waals surface area contributed by atoms with Gasteiger partial charge in [0.1, 0.15) is 0 Å². The van der Waals surface area contributed by atoms with Gasteiger partial charge >= 0.3 is 0 Å². The molecule has 0 unspecified atom stereocenters. The van der Waals surface area contributed by atoms with Crippen LogP contribution in [0.4, 0.5) is 11.4 Å². The maximum Gasteiger partial charge on any atom is 0.0547 e. The van der Waals surface area contributed by atoms with Gasteiger partial charge in [0, 0.05) is 26.8 Å². The molecule has 0 spiro atoms. The molecule has 0 saturated carbocycles. The Kier molecular flexibility index (Phi) is 6.33. The maximum absolute atomic E-state index is 5.00. The minimum atomic E-state index is 0.831. The van der Waals surface area contributed by atoms with Gasteiger partial charge in [-0.2, -0.15) is 0 Å². The van der Waals surface area contributed by atoms with Crippen molar-refractivity contribution < 1.29 is 4.74 Å². The molecule has 0 aliphatic carbocycles. The first-order valence-electron chi connectivity index (χ1n) is 5.78. The fourth-order valence-corrected chi connectivity index (χ4v) is 1.44. The van der Waals surface area contributed by atoms with Crippen LogP contribution in [0.2, 0.25) is 0 Å². The van der Waals surface area contributed by atoms with E-state index in [9.17, 15) is 0 Å². The highest BCUT2D eigenvalue weighted by Crippen LogP contribution is 2.12. The third-order valence-corrected chi connectivity index (χ3v) is 2.22. The molecular formula is C12H21N3O. The van der Waals surface area contributed by atoms with Crippen LogP contribution in [0.25, 0.3) is 0 Å². The summed E-state index contributed by atoms with van der Waals surface area (Å²) in [4.78, 5) is 4.17. The van der Waals surface area contributed by atoms with Crippen molar-refractivity contribution in [3.8, 4) is 0 Å². The van der Waals surface area contributed by atoms with Crippen molar-refractivity contribution in [2.45, 2.75) is 19.8 Å². The van der Waals surface area contributed by atoms with Crippen molar-refractivity contribution >= 4 is 11.4 Å². The zero-order valence-electron chi connectivity index (χ0n) is 10.1. The zero-order chi connectivity index (χ0) is 11.6. The Morgan fingerprint density at radius 2 is 1.94 bits per heavy atom. The Morgan fingerprint density at radius 1 is 1.19 bits per heavy atom. The molecule has 0 aliphatic rings. The van der Waals surface area contributed by atoms with Crippen LogP contribution >= 0.6 is 0 Å². The monoisotopic (exact) mass is 223 g/mol. The van der Waals surface area contributed by atoms with Crippen LogP contribution in [0.3, 0.4) is 0 Å². The van der Waals surface area contributed by atoms with E-state index in [1.807, 2.05) is 12.4 Å². The summed E-state index contributed by atoms with van der Waals surface area (Å²) < 4.78 is 5.00. The normalized spacial score (nSPS) is 10.1. The lowest BCUT2D eigenvalue weighted by Gasteiger charge is -2.08. The van der Waals surface area contributed by atoms with Gasteiger partial charge < -0.3 is 15.4 Å². The van der Waals surface area contributed by atoms with E-state index in [1.165, 1.54) is 0 Å². The second-order valence-corrected chi connectivity index (χ2v) is 3.62. The van der Waals surface area contributed by atoms with Gasteiger partial charge in [0.15, 0.2) is 0 Å². The second kappa shape index (κ2) is 7.93. The molecule has 4 nitrogen and oxygen atoms in total. The SMILES string of the molecule is CCNc1cncc(NCCCCOC)c1. The first kappa shape index (κ1) is 12.8. The number of anilines is 2. The van der Waals surface area contributed by atoms with Gasteiger partial charge in [0.05, 0.1) is 23.8 Å². The van der Waals surface area contributed by atoms with Crippen LogP contribution in [-0.2, 0) is 4.74 Å². The molecule has 0 bridgehead atoms. The number of methoxy groups -OCH3 is 1.